The molecule has 2 heterocycles. The highest BCUT2D eigenvalue weighted by molar-refractivity contribution is 6.31. The molecule has 88 valence electrons. The van der Waals surface area contributed by atoms with E-state index >= 15 is 0 Å². The summed E-state index contributed by atoms with van der Waals surface area (Å²) in [5.74, 6) is 1.00. The van der Waals surface area contributed by atoms with E-state index < -0.39 is 0 Å². The molecule has 0 aliphatic rings. The van der Waals surface area contributed by atoms with Gasteiger partial charge in [-0.05, 0) is 36.2 Å². The lowest BCUT2D eigenvalue weighted by molar-refractivity contribution is 0.339. The van der Waals surface area contributed by atoms with E-state index in [1.54, 1.807) is 18.5 Å². The summed E-state index contributed by atoms with van der Waals surface area (Å²) >= 11 is 11.4. The summed E-state index contributed by atoms with van der Waals surface area (Å²) in [6.45, 7) is 2.45. The molecule has 0 aliphatic carbocycles. The molecular formula is C10H8Cl2N4O. The molecule has 5 nitrogen and oxygen atoms in total. The summed E-state index contributed by atoms with van der Waals surface area (Å²) in [6, 6.07) is 1.76. The fraction of sp³-hybridized carbons (Fsp3) is 0.200. The molecule has 2 aromatic heterocycles. The van der Waals surface area contributed by atoms with Crippen molar-refractivity contribution >= 4 is 23.2 Å². The van der Waals surface area contributed by atoms with Crippen LogP contribution >= 0.6 is 23.2 Å². The SMILES string of the molecule is CCOc1cncc(-c2nc(Cl)nc(Cl)n2)c1. The Kier molecular flexibility index (Phi) is 3.71. The van der Waals surface area contributed by atoms with Crippen molar-refractivity contribution in [2.24, 2.45) is 0 Å². The molecule has 0 saturated carbocycles. The molecule has 0 radical (unpaired) electrons. The lowest BCUT2D eigenvalue weighted by atomic mass is 10.2. The molecule has 0 spiro atoms. The molecule has 0 aliphatic heterocycles. The maximum Gasteiger partial charge on any atom is 0.227 e. The summed E-state index contributed by atoms with van der Waals surface area (Å²) < 4.78 is 5.33. The lowest BCUT2D eigenvalue weighted by Crippen LogP contribution is -1.96. The first-order chi connectivity index (χ1) is 8.19. The van der Waals surface area contributed by atoms with Crippen molar-refractivity contribution in [1.29, 1.82) is 0 Å². The van der Waals surface area contributed by atoms with Gasteiger partial charge < -0.3 is 4.74 Å². The molecule has 2 aromatic rings. The van der Waals surface area contributed by atoms with Crippen LogP contribution in [0.2, 0.25) is 10.6 Å². The third-order valence-electron chi connectivity index (χ3n) is 1.86. The number of hydrogen-bond acceptors (Lipinski definition) is 5. The average molecular weight is 271 g/mol. The van der Waals surface area contributed by atoms with E-state index in [9.17, 15) is 0 Å². The first kappa shape index (κ1) is 12.0. The number of aromatic nitrogens is 4. The van der Waals surface area contributed by atoms with Gasteiger partial charge in [-0.1, -0.05) is 0 Å². The zero-order valence-corrected chi connectivity index (χ0v) is 10.4. The molecule has 0 fully saturated rings. The van der Waals surface area contributed by atoms with E-state index in [-0.39, 0.29) is 10.6 Å². The van der Waals surface area contributed by atoms with Gasteiger partial charge in [0.15, 0.2) is 5.82 Å². The molecular weight excluding hydrogens is 263 g/mol. The zero-order valence-electron chi connectivity index (χ0n) is 8.89. The Balaban J connectivity index is 2.41. The molecule has 0 atom stereocenters. The molecule has 2 rings (SSSR count). The van der Waals surface area contributed by atoms with E-state index in [1.165, 1.54) is 0 Å². The van der Waals surface area contributed by atoms with Crippen LogP contribution in [0.5, 0.6) is 5.75 Å². The van der Waals surface area contributed by atoms with E-state index in [0.29, 0.717) is 23.7 Å². The number of nitrogens with zero attached hydrogens (tertiary/aromatic N) is 4. The van der Waals surface area contributed by atoms with Gasteiger partial charge in [-0.15, -0.1) is 0 Å². The lowest BCUT2D eigenvalue weighted by Gasteiger charge is -2.04. The Bertz CT molecular complexity index is 515. The van der Waals surface area contributed by atoms with Crippen LogP contribution in [0.25, 0.3) is 11.4 Å². The third-order valence-corrected chi connectivity index (χ3v) is 2.20. The summed E-state index contributed by atoms with van der Waals surface area (Å²) in [5, 5.41) is 0.0867. The van der Waals surface area contributed by atoms with Gasteiger partial charge in [-0.2, -0.15) is 15.0 Å². The van der Waals surface area contributed by atoms with Crippen LogP contribution in [0.3, 0.4) is 0 Å². The van der Waals surface area contributed by atoms with Crippen molar-refractivity contribution in [3.63, 3.8) is 0 Å². The molecule has 0 saturated heterocycles. The van der Waals surface area contributed by atoms with Gasteiger partial charge in [0.2, 0.25) is 10.6 Å². The minimum Gasteiger partial charge on any atom is -0.492 e. The van der Waals surface area contributed by atoms with Crippen LogP contribution in [0.4, 0.5) is 0 Å². The summed E-state index contributed by atoms with van der Waals surface area (Å²) in [5.41, 5.74) is 0.669. The van der Waals surface area contributed by atoms with Crippen LogP contribution in [0, 0.1) is 0 Å². The second-order valence-corrected chi connectivity index (χ2v) is 3.72. The summed E-state index contributed by atoms with van der Waals surface area (Å²) in [4.78, 5) is 15.6. The largest absolute Gasteiger partial charge is 0.492 e. The van der Waals surface area contributed by atoms with E-state index in [1.807, 2.05) is 6.92 Å². The quantitative estimate of drug-likeness (QED) is 0.858. The third kappa shape index (κ3) is 3.01. The van der Waals surface area contributed by atoms with Gasteiger partial charge in [-0.25, -0.2) is 0 Å². The number of halogens is 2. The van der Waals surface area contributed by atoms with Crippen molar-refractivity contribution in [2.45, 2.75) is 6.92 Å². The minimum absolute atomic E-state index is 0.0433. The van der Waals surface area contributed by atoms with Gasteiger partial charge in [-0.3, -0.25) is 4.98 Å². The first-order valence-electron chi connectivity index (χ1n) is 4.84. The van der Waals surface area contributed by atoms with E-state index in [4.69, 9.17) is 27.9 Å². The Morgan fingerprint density at radius 1 is 1.12 bits per heavy atom. The maximum absolute atomic E-state index is 5.70. The zero-order chi connectivity index (χ0) is 12.3. The van der Waals surface area contributed by atoms with Crippen LogP contribution in [0.1, 0.15) is 6.92 Å². The highest BCUT2D eigenvalue weighted by Gasteiger charge is 2.07. The molecule has 17 heavy (non-hydrogen) atoms. The van der Waals surface area contributed by atoms with Gasteiger partial charge in [0, 0.05) is 11.8 Å². The molecule has 0 amide bonds. The van der Waals surface area contributed by atoms with Gasteiger partial charge in [0.05, 0.1) is 12.8 Å². The Morgan fingerprint density at radius 3 is 2.47 bits per heavy atom. The summed E-state index contributed by atoms with van der Waals surface area (Å²) in [6.07, 6.45) is 3.21. The van der Waals surface area contributed by atoms with E-state index in [0.717, 1.165) is 0 Å². The topological polar surface area (TPSA) is 60.8 Å². The average Bonchev–Trinajstić information content (AvgIpc) is 2.28. The molecule has 0 unspecified atom stereocenters. The highest BCUT2D eigenvalue weighted by atomic mass is 35.5. The van der Waals surface area contributed by atoms with Crippen LogP contribution < -0.4 is 4.74 Å². The van der Waals surface area contributed by atoms with E-state index in [2.05, 4.69) is 19.9 Å². The summed E-state index contributed by atoms with van der Waals surface area (Å²) in [7, 11) is 0. The van der Waals surface area contributed by atoms with Gasteiger partial charge in [0.1, 0.15) is 5.75 Å². The van der Waals surface area contributed by atoms with Crippen molar-refractivity contribution < 1.29 is 4.74 Å². The van der Waals surface area contributed by atoms with Crippen molar-refractivity contribution in [1.82, 2.24) is 19.9 Å². The van der Waals surface area contributed by atoms with Crippen LogP contribution in [-0.2, 0) is 0 Å². The normalized spacial score (nSPS) is 10.3. The van der Waals surface area contributed by atoms with Crippen LogP contribution in [-0.4, -0.2) is 26.5 Å². The van der Waals surface area contributed by atoms with Crippen molar-refractivity contribution in [3.8, 4) is 17.1 Å². The number of rotatable bonds is 3. The number of pyridine rings is 1. The molecule has 0 aromatic carbocycles. The predicted molar refractivity (Wildman–Crippen MR) is 64.2 cm³/mol. The second kappa shape index (κ2) is 5.25. The maximum atomic E-state index is 5.70. The fourth-order valence-corrected chi connectivity index (χ4v) is 1.61. The van der Waals surface area contributed by atoms with Gasteiger partial charge >= 0.3 is 0 Å². The fourth-order valence-electron chi connectivity index (χ4n) is 1.24. The number of hydrogen-bond donors (Lipinski definition) is 0. The van der Waals surface area contributed by atoms with Crippen molar-refractivity contribution in [2.75, 3.05) is 6.61 Å². The van der Waals surface area contributed by atoms with Crippen LogP contribution in [0.15, 0.2) is 18.5 Å². The highest BCUT2D eigenvalue weighted by Crippen LogP contribution is 2.21. The second-order valence-electron chi connectivity index (χ2n) is 3.04. The molecule has 7 heteroatoms. The Morgan fingerprint density at radius 2 is 1.82 bits per heavy atom. The Hall–Kier alpha value is -1.46. The Labute approximate surface area is 108 Å². The molecule has 0 bridgehead atoms. The van der Waals surface area contributed by atoms with Gasteiger partial charge in [0.25, 0.3) is 0 Å². The number of ether oxygens (including phenoxy) is 1. The first-order valence-corrected chi connectivity index (χ1v) is 5.60. The molecule has 0 N–H and O–H groups in total. The smallest absolute Gasteiger partial charge is 0.227 e. The van der Waals surface area contributed by atoms with Crippen molar-refractivity contribution in [3.05, 3.63) is 29.0 Å². The minimum atomic E-state index is 0.0433. The predicted octanol–water partition coefficient (Wildman–Crippen LogP) is 2.64. The standard InChI is InChI=1S/C10H8Cl2N4O/c1-2-17-7-3-6(4-13-5-7)8-14-9(11)16-10(12)15-8/h3-5H,2H2,1H3. The monoisotopic (exact) mass is 270 g/mol.